The maximum atomic E-state index is 12.2. The fourth-order valence-electron chi connectivity index (χ4n) is 3.92. The van der Waals surface area contributed by atoms with E-state index in [-0.39, 0.29) is 11.6 Å². The van der Waals surface area contributed by atoms with Gasteiger partial charge in [-0.1, -0.05) is 0 Å². The summed E-state index contributed by atoms with van der Waals surface area (Å²) in [5, 5.41) is 2.24. The number of benzene rings is 2. The zero-order valence-electron chi connectivity index (χ0n) is 14.9. The Hall–Kier alpha value is -2.46. The monoisotopic (exact) mass is 334 g/mol. The van der Waals surface area contributed by atoms with E-state index >= 15 is 0 Å². The smallest absolute Gasteiger partial charge is 0.163 e. The van der Waals surface area contributed by atoms with Crippen molar-refractivity contribution in [3.05, 3.63) is 47.0 Å². The predicted octanol–water partition coefficient (Wildman–Crippen LogP) is 3.69. The van der Waals surface area contributed by atoms with E-state index in [1.54, 1.807) is 6.92 Å². The maximum absolute atomic E-state index is 12.2. The summed E-state index contributed by atoms with van der Waals surface area (Å²) in [4.78, 5) is 26.2. The Morgan fingerprint density at radius 1 is 1.12 bits per heavy atom. The number of rotatable bonds is 4. The van der Waals surface area contributed by atoms with Gasteiger partial charge in [0.15, 0.2) is 11.6 Å². The van der Waals surface area contributed by atoms with Gasteiger partial charge in [0.05, 0.1) is 0 Å². The number of hydrogen-bond donors (Lipinski definition) is 0. The summed E-state index contributed by atoms with van der Waals surface area (Å²) in [6.07, 6.45) is 1.38. The van der Waals surface area contributed by atoms with Gasteiger partial charge in [0.1, 0.15) is 0 Å². The molecule has 128 valence electrons. The van der Waals surface area contributed by atoms with Crippen molar-refractivity contribution in [2.45, 2.75) is 26.3 Å². The molecule has 1 aromatic heterocycles. The molecule has 0 saturated heterocycles. The topological polar surface area (TPSA) is 42.3 Å². The molecule has 2 aromatic carbocycles. The molecule has 0 spiro atoms. The van der Waals surface area contributed by atoms with Gasteiger partial charge in [-0.2, -0.15) is 0 Å². The summed E-state index contributed by atoms with van der Waals surface area (Å²) in [6.45, 7) is 3.41. The second-order valence-electron chi connectivity index (χ2n) is 7.15. The quantitative estimate of drug-likeness (QED) is 0.684. The minimum atomic E-state index is 0.0692. The molecule has 0 N–H and O–H groups in total. The van der Waals surface area contributed by atoms with E-state index in [1.807, 2.05) is 24.3 Å². The van der Waals surface area contributed by atoms with Crippen LogP contribution in [0.2, 0.25) is 0 Å². The van der Waals surface area contributed by atoms with Crippen molar-refractivity contribution in [3.8, 4) is 0 Å². The Labute approximate surface area is 147 Å². The van der Waals surface area contributed by atoms with Crippen molar-refractivity contribution < 1.29 is 9.59 Å². The first-order valence-electron chi connectivity index (χ1n) is 8.74. The molecule has 0 aliphatic heterocycles. The van der Waals surface area contributed by atoms with Crippen LogP contribution in [0.3, 0.4) is 0 Å². The van der Waals surface area contributed by atoms with Crippen molar-refractivity contribution in [1.82, 2.24) is 9.47 Å². The molecule has 0 bridgehead atoms. The summed E-state index contributed by atoms with van der Waals surface area (Å²) >= 11 is 0. The molecule has 0 atom stereocenters. The number of ketones is 2. The lowest BCUT2D eigenvalue weighted by Gasteiger charge is -2.12. The molecule has 4 rings (SSSR count). The largest absolute Gasteiger partial charge is 0.339 e. The number of nitrogens with zero attached hydrogens (tertiary/aromatic N) is 2. The predicted molar refractivity (Wildman–Crippen MR) is 101 cm³/mol. The number of carbonyl (C=O) groups is 2. The molecule has 0 radical (unpaired) electrons. The SMILES string of the molecule is CC(=O)c1ccc2c(c1)c1c3c(ccc1n2CCN(C)C)C(=O)CC3. The highest BCUT2D eigenvalue weighted by Gasteiger charge is 2.25. The number of Topliss-reactive ketones (excluding diaryl/α,β-unsaturated/α-hetero) is 2. The Morgan fingerprint density at radius 2 is 1.88 bits per heavy atom. The molecule has 4 heteroatoms. The molecule has 3 aromatic rings. The van der Waals surface area contributed by atoms with Gasteiger partial charge in [-0.25, -0.2) is 0 Å². The van der Waals surface area contributed by atoms with E-state index in [9.17, 15) is 9.59 Å². The molecule has 4 nitrogen and oxygen atoms in total. The highest BCUT2D eigenvalue weighted by Crippen LogP contribution is 2.37. The average Bonchev–Trinajstić information content (AvgIpc) is 3.10. The van der Waals surface area contributed by atoms with Gasteiger partial charge in [-0.3, -0.25) is 9.59 Å². The van der Waals surface area contributed by atoms with Crippen LogP contribution < -0.4 is 0 Å². The van der Waals surface area contributed by atoms with E-state index in [0.29, 0.717) is 6.42 Å². The Bertz CT molecular complexity index is 1030. The Kier molecular flexibility index (Phi) is 3.73. The van der Waals surface area contributed by atoms with E-state index in [4.69, 9.17) is 0 Å². The molecule has 1 heterocycles. The number of carbonyl (C=O) groups excluding carboxylic acids is 2. The van der Waals surface area contributed by atoms with E-state index in [2.05, 4.69) is 29.6 Å². The van der Waals surface area contributed by atoms with Crippen LogP contribution in [-0.4, -0.2) is 41.7 Å². The van der Waals surface area contributed by atoms with Crippen LogP contribution >= 0.6 is 0 Å². The van der Waals surface area contributed by atoms with E-state index in [0.717, 1.165) is 58.0 Å². The minimum Gasteiger partial charge on any atom is -0.339 e. The minimum absolute atomic E-state index is 0.0692. The fourth-order valence-corrected chi connectivity index (χ4v) is 3.92. The van der Waals surface area contributed by atoms with E-state index < -0.39 is 0 Å². The van der Waals surface area contributed by atoms with Gasteiger partial charge in [0, 0.05) is 52.4 Å². The first kappa shape index (κ1) is 16.0. The molecule has 25 heavy (non-hydrogen) atoms. The molecular weight excluding hydrogens is 312 g/mol. The van der Waals surface area contributed by atoms with Gasteiger partial charge >= 0.3 is 0 Å². The summed E-state index contributed by atoms with van der Waals surface area (Å²) < 4.78 is 2.32. The van der Waals surface area contributed by atoms with Crippen LogP contribution in [-0.2, 0) is 13.0 Å². The maximum Gasteiger partial charge on any atom is 0.163 e. The summed E-state index contributed by atoms with van der Waals surface area (Å²) in [7, 11) is 4.14. The van der Waals surface area contributed by atoms with Crippen molar-refractivity contribution in [3.63, 3.8) is 0 Å². The molecule has 0 saturated carbocycles. The zero-order chi connectivity index (χ0) is 17.7. The van der Waals surface area contributed by atoms with Gasteiger partial charge in [0.2, 0.25) is 0 Å². The lowest BCUT2D eigenvalue weighted by Crippen LogP contribution is -2.18. The molecule has 0 amide bonds. The number of aromatic nitrogens is 1. The average molecular weight is 334 g/mol. The lowest BCUT2D eigenvalue weighted by atomic mass is 10.0. The van der Waals surface area contributed by atoms with E-state index in [1.165, 1.54) is 0 Å². The highest BCUT2D eigenvalue weighted by atomic mass is 16.1. The number of hydrogen-bond acceptors (Lipinski definition) is 3. The number of likely N-dealkylation sites (N-methyl/N-ethyl adjacent to an activating group) is 1. The standard InChI is InChI=1S/C21H22N2O2/c1-13(24)14-4-7-18-17(12-14)21-16-6-9-20(25)15(16)5-8-19(21)23(18)11-10-22(2)3/h4-5,7-8,12H,6,9-11H2,1-3H3. The van der Waals surface area contributed by atoms with Crippen molar-refractivity contribution >= 4 is 33.4 Å². The third-order valence-electron chi connectivity index (χ3n) is 5.22. The fraction of sp³-hybridized carbons (Fsp3) is 0.333. The van der Waals surface area contributed by atoms with Crippen LogP contribution in [0.4, 0.5) is 0 Å². The second kappa shape index (κ2) is 5.81. The van der Waals surface area contributed by atoms with Crippen LogP contribution in [0.5, 0.6) is 0 Å². The third-order valence-corrected chi connectivity index (χ3v) is 5.22. The zero-order valence-corrected chi connectivity index (χ0v) is 14.9. The number of fused-ring (bicyclic) bond motifs is 5. The summed E-state index contributed by atoms with van der Waals surface area (Å²) in [5.74, 6) is 0.300. The first-order valence-corrected chi connectivity index (χ1v) is 8.74. The van der Waals surface area contributed by atoms with Gasteiger partial charge in [-0.05, 0) is 63.3 Å². The third kappa shape index (κ3) is 2.48. The van der Waals surface area contributed by atoms with Crippen molar-refractivity contribution in [2.24, 2.45) is 0 Å². The van der Waals surface area contributed by atoms with Gasteiger partial charge in [-0.15, -0.1) is 0 Å². The van der Waals surface area contributed by atoms with Gasteiger partial charge < -0.3 is 9.47 Å². The summed E-state index contributed by atoms with van der Waals surface area (Å²) in [6, 6.07) is 9.99. The molecule has 1 aliphatic rings. The lowest BCUT2D eigenvalue weighted by molar-refractivity contribution is 0.0991. The molecule has 0 unspecified atom stereocenters. The van der Waals surface area contributed by atoms with Crippen molar-refractivity contribution in [2.75, 3.05) is 20.6 Å². The molecule has 1 aliphatic carbocycles. The highest BCUT2D eigenvalue weighted by molar-refractivity contribution is 6.16. The van der Waals surface area contributed by atoms with Crippen LogP contribution in [0, 0.1) is 0 Å². The second-order valence-corrected chi connectivity index (χ2v) is 7.15. The van der Waals surface area contributed by atoms with Crippen LogP contribution in [0.1, 0.15) is 39.6 Å². The summed E-state index contributed by atoms with van der Waals surface area (Å²) in [5.41, 5.74) is 5.02. The number of aryl methyl sites for hydroxylation is 1. The molecule has 0 fully saturated rings. The Balaban J connectivity index is 2.06. The van der Waals surface area contributed by atoms with Crippen LogP contribution in [0.25, 0.3) is 21.8 Å². The van der Waals surface area contributed by atoms with Gasteiger partial charge in [0.25, 0.3) is 0 Å². The Morgan fingerprint density at radius 3 is 2.60 bits per heavy atom. The first-order chi connectivity index (χ1) is 12.0. The van der Waals surface area contributed by atoms with Crippen LogP contribution in [0.15, 0.2) is 30.3 Å². The molecular formula is C21H22N2O2. The normalized spacial score (nSPS) is 14.0. The van der Waals surface area contributed by atoms with Crippen molar-refractivity contribution in [1.29, 1.82) is 0 Å².